The molecule has 0 spiro atoms. The van der Waals surface area contributed by atoms with E-state index in [-0.39, 0.29) is 5.38 Å². The molecule has 1 aromatic heterocycles. The van der Waals surface area contributed by atoms with Crippen molar-refractivity contribution in [1.29, 1.82) is 0 Å². The van der Waals surface area contributed by atoms with Gasteiger partial charge in [-0.1, -0.05) is 37.0 Å². The van der Waals surface area contributed by atoms with Crippen molar-refractivity contribution in [2.45, 2.75) is 45.5 Å². The number of hydrogen-bond acceptors (Lipinski definition) is 1. The van der Waals surface area contributed by atoms with Crippen LogP contribution in [0.3, 0.4) is 0 Å². The highest BCUT2D eigenvalue weighted by Gasteiger charge is 2.19. The first-order valence-corrected chi connectivity index (χ1v) is 8.33. The van der Waals surface area contributed by atoms with Gasteiger partial charge in [-0.3, -0.25) is 4.68 Å². The molecule has 1 aromatic carbocycles. The molecule has 0 aliphatic carbocycles. The van der Waals surface area contributed by atoms with Crippen LogP contribution in [-0.4, -0.2) is 9.78 Å². The monoisotopic (exact) mass is 344 g/mol. The quantitative estimate of drug-likeness (QED) is 0.639. The van der Waals surface area contributed by atoms with Crippen LogP contribution in [0.15, 0.2) is 18.2 Å². The van der Waals surface area contributed by atoms with Crippen LogP contribution in [0.4, 0.5) is 0 Å². The predicted octanol–water partition coefficient (Wildman–Crippen LogP) is 5.66. The first kappa shape index (κ1) is 16.7. The van der Waals surface area contributed by atoms with Gasteiger partial charge in [-0.2, -0.15) is 5.10 Å². The van der Waals surface area contributed by atoms with E-state index in [4.69, 9.17) is 39.9 Å². The van der Waals surface area contributed by atoms with Crippen molar-refractivity contribution in [3.05, 3.63) is 50.8 Å². The van der Waals surface area contributed by atoms with Gasteiger partial charge in [-0.15, -0.1) is 11.6 Å². The highest BCUT2D eigenvalue weighted by Crippen LogP contribution is 2.29. The summed E-state index contributed by atoms with van der Waals surface area (Å²) in [6.07, 6.45) is 1.76. The van der Waals surface area contributed by atoms with E-state index in [2.05, 4.69) is 13.8 Å². The molecule has 0 saturated heterocycles. The first-order valence-electron chi connectivity index (χ1n) is 7.14. The van der Waals surface area contributed by atoms with Gasteiger partial charge in [0.05, 0.1) is 17.6 Å². The summed E-state index contributed by atoms with van der Waals surface area (Å²) in [6.45, 7) is 6.82. The molecule has 0 aliphatic rings. The molecule has 1 unspecified atom stereocenters. The second-order valence-corrected chi connectivity index (χ2v) is 6.52. The minimum atomic E-state index is -0.0431. The number of hydrogen-bond donors (Lipinski definition) is 0. The lowest BCUT2D eigenvalue weighted by Gasteiger charge is -2.10. The smallest absolute Gasteiger partial charge is 0.0677 e. The van der Waals surface area contributed by atoms with E-state index in [9.17, 15) is 0 Å². The largest absolute Gasteiger partial charge is 0.265 e. The van der Waals surface area contributed by atoms with E-state index in [1.807, 2.05) is 23.7 Å². The molecular weight excluding hydrogens is 327 g/mol. The predicted molar refractivity (Wildman–Crippen MR) is 90.8 cm³/mol. The summed E-state index contributed by atoms with van der Waals surface area (Å²) in [5.74, 6) is 0. The Bertz CT molecular complexity index is 633. The number of aromatic nitrogens is 2. The minimum absolute atomic E-state index is 0.0431. The SMILES string of the molecule is CCc1nn(Cc2cc(Cl)ccc2Cl)c(CC)c1C(C)Cl. The van der Waals surface area contributed by atoms with Crippen molar-refractivity contribution in [2.24, 2.45) is 0 Å². The molecule has 114 valence electrons. The summed E-state index contributed by atoms with van der Waals surface area (Å²) in [5.41, 5.74) is 4.36. The van der Waals surface area contributed by atoms with Crippen LogP contribution in [0.25, 0.3) is 0 Å². The molecule has 2 aromatic rings. The van der Waals surface area contributed by atoms with Gasteiger partial charge in [0.1, 0.15) is 0 Å². The maximum Gasteiger partial charge on any atom is 0.0677 e. The lowest BCUT2D eigenvalue weighted by molar-refractivity contribution is 0.639. The van der Waals surface area contributed by atoms with Crippen molar-refractivity contribution in [2.75, 3.05) is 0 Å². The van der Waals surface area contributed by atoms with Gasteiger partial charge in [0.2, 0.25) is 0 Å². The van der Waals surface area contributed by atoms with Crippen LogP contribution in [0, 0.1) is 0 Å². The molecule has 2 nitrogen and oxygen atoms in total. The van der Waals surface area contributed by atoms with E-state index in [0.717, 1.165) is 29.7 Å². The van der Waals surface area contributed by atoms with Gasteiger partial charge >= 0.3 is 0 Å². The Morgan fingerprint density at radius 3 is 2.48 bits per heavy atom. The number of alkyl halides is 1. The third kappa shape index (κ3) is 3.56. The van der Waals surface area contributed by atoms with Crippen molar-refractivity contribution in [3.8, 4) is 0 Å². The molecule has 0 bridgehead atoms. The Hall–Kier alpha value is -0.700. The molecule has 0 fully saturated rings. The van der Waals surface area contributed by atoms with E-state index in [0.29, 0.717) is 16.6 Å². The normalized spacial score (nSPS) is 12.7. The van der Waals surface area contributed by atoms with Crippen molar-refractivity contribution in [3.63, 3.8) is 0 Å². The summed E-state index contributed by atoms with van der Waals surface area (Å²) in [7, 11) is 0. The van der Waals surface area contributed by atoms with Gasteiger partial charge in [-0.25, -0.2) is 0 Å². The summed E-state index contributed by atoms with van der Waals surface area (Å²) in [6, 6.07) is 5.50. The summed E-state index contributed by atoms with van der Waals surface area (Å²) >= 11 is 18.7. The van der Waals surface area contributed by atoms with Crippen molar-refractivity contribution >= 4 is 34.8 Å². The van der Waals surface area contributed by atoms with E-state index in [1.165, 1.54) is 5.69 Å². The lowest BCUT2D eigenvalue weighted by atomic mass is 10.1. The van der Waals surface area contributed by atoms with E-state index >= 15 is 0 Å². The van der Waals surface area contributed by atoms with Crippen molar-refractivity contribution in [1.82, 2.24) is 9.78 Å². The second-order valence-electron chi connectivity index (χ2n) is 5.02. The van der Waals surface area contributed by atoms with Crippen LogP contribution in [-0.2, 0) is 19.4 Å². The zero-order chi connectivity index (χ0) is 15.6. The molecule has 5 heteroatoms. The summed E-state index contributed by atoms with van der Waals surface area (Å²) < 4.78 is 2.00. The molecule has 0 N–H and O–H groups in total. The van der Waals surface area contributed by atoms with Gasteiger partial charge < -0.3 is 0 Å². The van der Waals surface area contributed by atoms with Gasteiger partial charge in [0.25, 0.3) is 0 Å². The zero-order valence-electron chi connectivity index (χ0n) is 12.5. The fraction of sp³-hybridized carbons (Fsp3) is 0.438. The van der Waals surface area contributed by atoms with E-state index < -0.39 is 0 Å². The maximum absolute atomic E-state index is 6.34. The molecule has 1 heterocycles. The number of aryl methyl sites for hydroxylation is 1. The van der Waals surface area contributed by atoms with Crippen LogP contribution < -0.4 is 0 Å². The van der Waals surface area contributed by atoms with Gasteiger partial charge in [0, 0.05) is 21.3 Å². The average Bonchev–Trinajstić information content (AvgIpc) is 2.80. The standard InChI is InChI=1S/C16H19Cl3N2/c1-4-14-16(10(3)17)15(5-2)21(20-14)9-11-8-12(18)6-7-13(11)19/h6-8,10H,4-5,9H2,1-3H3. The number of halogens is 3. The number of nitrogens with zero attached hydrogens (tertiary/aromatic N) is 2. The minimum Gasteiger partial charge on any atom is -0.265 e. The summed E-state index contributed by atoms with van der Waals surface area (Å²) in [4.78, 5) is 0. The fourth-order valence-electron chi connectivity index (χ4n) is 2.62. The second kappa shape index (κ2) is 7.04. The average molecular weight is 346 g/mol. The molecule has 2 rings (SSSR count). The third-order valence-corrected chi connectivity index (χ3v) is 4.39. The summed E-state index contributed by atoms with van der Waals surface area (Å²) in [5, 5.41) is 6.06. The Morgan fingerprint density at radius 2 is 1.90 bits per heavy atom. The van der Waals surface area contributed by atoms with Gasteiger partial charge in [-0.05, 0) is 43.5 Å². The van der Waals surface area contributed by atoms with Crippen LogP contribution in [0.2, 0.25) is 10.0 Å². The Morgan fingerprint density at radius 1 is 1.19 bits per heavy atom. The van der Waals surface area contributed by atoms with Gasteiger partial charge in [0.15, 0.2) is 0 Å². The molecular formula is C16H19Cl3N2. The molecule has 0 amide bonds. The number of benzene rings is 1. The Labute approximate surface area is 141 Å². The lowest BCUT2D eigenvalue weighted by Crippen LogP contribution is -2.07. The fourth-order valence-corrected chi connectivity index (χ4v) is 3.24. The topological polar surface area (TPSA) is 17.8 Å². The third-order valence-electron chi connectivity index (χ3n) is 3.57. The molecule has 0 saturated carbocycles. The van der Waals surface area contributed by atoms with Crippen molar-refractivity contribution < 1.29 is 0 Å². The first-order chi connectivity index (χ1) is 9.97. The molecule has 21 heavy (non-hydrogen) atoms. The molecule has 0 radical (unpaired) electrons. The zero-order valence-corrected chi connectivity index (χ0v) is 14.7. The number of rotatable bonds is 5. The molecule has 0 aliphatic heterocycles. The highest BCUT2D eigenvalue weighted by atomic mass is 35.5. The van der Waals surface area contributed by atoms with Crippen LogP contribution in [0.1, 0.15) is 48.7 Å². The Balaban J connectivity index is 2.46. The Kier molecular flexibility index (Phi) is 5.59. The highest BCUT2D eigenvalue weighted by molar-refractivity contribution is 6.33. The maximum atomic E-state index is 6.34. The van der Waals surface area contributed by atoms with Crippen LogP contribution >= 0.6 is 34.8 Å². The molecule has 1 atom stereocenters. The van der Waals surface area contributed by atoms with Crippen LogP contribution in [0.5, 0.6) is 0 Å². The van der Waals surface area contributed by atoms with E-state index in [1.54, 1.807) is 6.07 Å².